The Labute approximate surface area is 192 Å². The minimum absolute atomic E-state index is 0.0727. The van der Waals surface area contributed by atoms with Gasteiger partial charge in [-0.05, 0) is 55.0 Å². The molecular formula is C25H27N3O5. The molecule has 2 aliphatic rings. The number of amides is 2. The van der Waals surface area contributed by atoms with E-state index >= 15 is 0 Å². The van der Waals surface area contributed by atoms with E-state index in [2.05, 4.69) is 13.8 Å². The number of nitrogens with zero attached hydrogens (tertiary/aromatic N) is 3. The monoisotopic (exact) mass is 449 g/mol. The lowest BCUT2D eigenvalue weighted by molar-refractivity contribution is -0.384. The van der Waals surface area contributed by atoms with Crippen molar-refractivity contribution in [3.63, 3.8) is 0 Å². The van der Waals surface area contributed by atoms with E-state index in [-0.39, 0.29) is 11.3 Å². The predicted octanol–water partition coefficient (Wildman–Crippen LogP) is 4.26. The maximum absolute atomic E-state index is 13.8. The minimum Gasteiger partial charge on any atom is -0.492 e. The van der Waals surface area contributed by atoms with Crippen LogP contribution in [0.3, 0.4) is 0 Å². The Balaban J connectivity index is 1.84. The molecule has 0 spiro atoms. The molecule has 2 heterocycles. The first kappa shape index (κ1) is 22.5. The molecule has 172 valence electrons. The van der Waals surface area contributed by atoms with Crippen molar-refractivity contribution in [3.8, 4) is 5.75 Å². The van der Waals surface area contributed by atoms with Crippen LogP contribution in [0.25, 0.3) is 5.57 Å². The van der Waals surface area contributed by atoms with E-state index < -0.39 is 16.7 Å². The van der Waals surface area contributed by atoms with Crippen molar-refractivity contribution in [2.24, 2.45) is 11.8 Å². The highest BCUT2D eigenvalue weighted by Crippen LogP contribution is 2.40. The van der Waals surface area contributed by atoms with Gasteiger partial charge in [0, 0.05) is 25.2 Å². The lowest BCUT2D eigenvalue weighted by atomic mass is 9.91. The van der Waals surface area contributed by atoms with Crippen molar-refractivity contribution >= 4 is 28.8 Å². The summed E-state index contributed by atoms with van der Waals surface area (Å²) >= 11 is 0. The molecule has 0 aliphatic carbocycles. The molecule has 33 heavy (non-hydrogen) atoms. The fourth-order valence-corrected chi connectivity index (χ4v) is 4.81. The SMILES string of the molecule is CCOc1ccccc1N1C(=O)C(c2ccc([N+](=O)[O-])cc2)=C(N2CC(C)CC(C)C2)C1=O. The van der Waals surface area contributed by atoms with E-state index in [1.807, 2.05) is 11.8 Å². The van der Waals surface area contributed by atoms with E-state index in [9.17, 15) is 19.7 Å². The number of carbonyl (C=O) groups is 2. The molecule has 0 N–H and O–H groups in total. The number of imide groups is 1. The standard InChI is InChI=1S/C25H27N3O5/c1-4-33-21-8-6-5-7-20(21)27-24(29)22(18-9-11-19(12-10-18)28(31)32)23(25(27)30)26-14-16(2)13-17(3)15-26/h5-12,16-17H,4,13-15H2,1-3H3. The number of benzene rings is 2. The summed E-state index contributed by atoms with van der Waals surface area (Å²) in [7, 11) is 0. The summed E-state index contributed by atoms with van der Waals surface area (Å²) in [5, 5.41) is 11.1. The zero-order chi connectivity index (χ0) is 23.7. The summed E-state index contributed by atoms with van der Waals surface area (Å²) in [6.07, 6.45) is 1.05. The van der Waals surface area contributed by atoms with Gasteiger partial charge in [0.25, 0.3) is 17.5 Å². The van der Waals surface area contributed by atoms with Crippen LogP contribution in [0.1, 0.15) is 32.8 Å². The van der Waals surface area contributed by atoms with Gasteiger partial charge < -0.3 is 9.64 Å². The number of likely N-dealkylation sites (tertiary alicyclic amines) is 1. The molecule has 1 fully saturated rings. The molecule has 0 radical (unpaired) electrons. The first-order valence-electron chi connectivity index (χ1n) is 11.2. The molecule has 2 atom stereocenters. The van der Waals surface area contributed by atoms with E-state index in [1.165, 1.54) is 29.2 Å². The summed E-state index contributed by atoms with van der Waals surface area (Å²) in [6.45, 7) is 7.83. The number of nitro groups is 1. The van der Waals surface area contributed by atoms with Crippen molar-refractivity contribution in [1.29, 1.82) is 0 Å². The highest BCUT2D eigenvalue weighted by molar-refractivity contribution is 6.45. The molecule has 2 amide bonds. The second kappa shape index (κ2) is 9.05. The predicted molar refractivity (Wildman–Crippen MR) is 125 cm³/mol. The number of para-hydroxylation sites is 2. The molecule has 0 saturated carbocycles. The van der Waals surface area contributed by atoms with Crippen molar-refractivity contribution in [3.05, 3.63) is 69.9 Å². The van der Waals surface area contributed by atoms with Gasteiger partial charge in [-0.1, -0.05) is 26.0 Å². The van der Waals surface area contributed by atoms with E-state index in [4.69, 9.17) is 4.74 Å². The van der Waals surface area contributed by atoms with Crippen molar-refractivity contribution in [2.75, 3.05) is 24.6 Å². The second-order valence-electron chi connectivity index (χ2n) is 8.73. The van der Waals surface area contributed by atoms with Gasteiger partial charge in [0.1, 0.15) is 11.4 Å². The van der Waals surface area contributed by atoms with Crippen molar-refractivity contribution < 1.29 is 19.2 Å². The lowest BCUT2D eigenvalue weighted by Gasteiger charge is -2.37. The molecule has 2 aromatic carbocycles. The molecule has 1 saturated heterocycles. The number of rotatable bonds is 6. The van der Waals surface area contributed by atoms with Crippen LogP contribution in [-0.4, -0.2) is 41.3 Å². The molecule has 8 nitrogen and oxygen atoms in total. The van der Waals surface area contributed by atoms with E-state index in [0.717, 1.165) is 6.42 Å². The van der Waals surface area contributed by atoms with Crippen molar-refractivity contribution in [2.45, 2.75) is 27.2 Å². The summed E-state index contributed by atoms with van der Waals surface area (Å²) in [5.41, 5.74) is 1.41. The molecule has 8 heteroatoms. The van der Waals surface area contributed by atoms with Gasteiger partial charge in [-0.25, -0.2) is 4.90 Å². The first-order chi connectivity index (χ1) is 15.8. The maximum Gasteiger partial charge on any atom is 0.282 e. The molecule has 2 aliphatic heterocycles. The number of hydrogen-bond acceptors (Lipinski definition) is 6. The van der Waals surface area contributed by atoms with Crippen LogP contribution in [0.2, 0.25) is 0 Å². The van der Waals surface area contributed by atoms with Crippen LogP contribution in [0.15, 0.2) is 54.2 Å². The van der Waals surface area contributed by atoms with Gasteiger partial charge in [0.05, 0.1) is 22.8 Å². The third-order valence-corrected chi connectivity index (χ3v) is 6.02. The molecule has 0 aromatic heterocycles. The Kier molecular flexibility index (Phi) is 6.18. The Morgan fingerprint density at radius 3 is 2.24 bits per heavy atom. The van der Waals surface area contributed by atoms with E-state index in [1.54, 1.807) is 24.3 Å². The van der Waals surface area contributed by atoms with Crippen molar-refractivity contribution in [1.82, 2.24) is 4.90 Å². The van der Waals surface area contributed by atoms with Crippen LogP contribution in [0, 0.1) is 22.0 Å². The van der Waals surface area contributed by atoms with Gasteiger partial charge in [-0.15, -0.1) is 0 Å². The quantitative estimate of drug-likeness (QED) is 0.372. The van der Waals surface area contributed by atoms with Gasteiger partial charge >= 0.3 is 0 Å². The van der Waals surface area contributed by atoms with Crippen LogP contribution in [0.5, 0.6) is 5.75 Å². The number of piperidine rings is 1. The van der Waals surface area contributed by atoms with Gasteiger partial charge in [0.15, 0.2) is 0 Å². The average Bonchev–Trinajstić information content (AvgIpc) is 3.04. The third kappa shape index (κ3) is 4.20. The summed E-state index contributed by atoms with van der Waals surface area (Å²) in [6, 6.07) is 12.8. The van der Waals surface area contributed by atoms with Gasteiger partial charge in [-0.2, -0.15) is 0 Å². The summed E-state index contributed by atoms with van der Waals surface area (Å²) in [5.74, 6) is 0.328. The number of carbonyl (C=O) groups excluding carboxylic acids is 2. The smallest absolute Gasteiger partial charge is 0.282 e. The van der Waals surface area contributed by atoms with Gasteiger partial charge in [0.2, 0.25) is 0 Å². The highest BCUT2D eigenvalue weighted by atomic mass is 16.6. The maximum atomic E-state index is 13.8. The third-order valence-electron chi connectivity index (χ3n) is 6.02. The Morgan fingerprint density at radius 2 is 1.64 bits per heavy atom. The Morgan fingerprint density at radius 1 is 1.00 bits per heavy atom. The fraction of sp³-hybridized carbons (Fsp3) is 0.360. The number of ether oxygens (including phenoxy) is 1. The molecule has 2 unspecified atom stereocenters. The Bertz CT molecular complexity index is 1120. The number of non-ortho nitro benzene ring substituents is 1. The molecule has 2 aromatic rings. The molecule has 4 rings (SSSR count). The molecular weight excluding hydrogens is 422 g/mol. The molecule has 0 bridgehead atoms. The number of nitro benzene ring substituents is 1. The zero-order valence-electron chi connectivity index (χ0n) is 19.0. The van der Waals surface area contributed by atoms with Crippen LogP contribution in [-0.2, 0) is 9.59 Å². The van der Waals surface area contributed by atoms with Crippen LogP contribution in [0.4, 0.5) is 11.4 Å². The van der Waals surface area contributed by atoms with E-state index in [0.29, 0.717) is 54.2 Å². The fourth-order valence-electron chi connectivity index (χ4n) is 4.81. The Hall–Kier alpha value is -3.68. The number of hydrogen-bond donors (Lipinski definition) is 0. The topological polar surface area (TPSA) is 93.0 Å². The minimum atomic E-state index is -0.487. The van der Waals surface area contributed by atoms with Crippen LogP contribution >= 0.6 is 0 Å². The van der Waals surface area contributed by atoms with Crippen LogP contribution < -0.4 is 9.64 Å². The average molecular weight is 450 g/mol. The second-order valence-corrected chi connectivity index (χ2v) is 8.73. The largest absolute Gasteiger partial charge is 0.492 e. The highest BCUT2D eigenvalue weighted by Gasteiger charge is 2.44. The number of anilines is 1. The normalized spacial score (nSPS) is 21.1. The van der Waals surface area contributed by atoms with Gasteiger partial charge in [-0.3, -0.25) is 19.7 Å². The zero-order valence-corrected chi connectivity index (χ0v) is 19.0. The lowest BCUT2D eigenvalue weighted by Crippen LogP contribution is -2.42. The summed E-state index contributed by atoms with van der Waals surface area (Å²) < 4.78 is 5.69. The summed E-state index contributed by atoms with van der Waals surface area (Å²) in [4.78, 5) is 41.3. The first-order valence-corrected chi connectivity index (χ1v) is 11.2.